The maximum absolute atomic E-state index is 13.6. The molecule has 0 aliphatic heterocycles. The highest BCUT2D eigenvalue weighted by Gasteiger charge is 2.17. The Morgan fingerprint density at radius 1 is 0.500 bits per heavy atom. The summed E-state index contributed by atoms with van der Waals surface area (Å²) in [6.07, 6.45) is 0. The number of ether oxygens (including phenoxy) is 2. The molecule has 48 heavy (non-hydrogen) atoms. The zero-order valence-electron chi connectivity index (χ0n) is 26.2. The SMILES string of the molecule is COc1cccc(-c2cc(C(=O)Nc3ccc(NC(=O)c4cc(-c5cccc(OC)c5)nc5ccccc45)cc3)c3ccccc3n2)c1. The van der Waals surface area contributed by atoms with Crippen LogP contribution in [0.25, 0.3) is 44.3 Å². The van der Waals surface area contributed by atoms with Gasteiger partial charge in [0, 0.05) is 33.3 Å². The summed E-state index contributed by atoms with van der Waals surface area (Å²) < 4.78 is 10.8. The average Bonchev–Trinajstić information content (AvgIpc) is 3.14. The van der Waals surface area contributed by atoms with Crippen molar-refractivity contribution in [2.45, 2.75) is 0 Å². The fourth-order valence-corrected chi connectivity index (χ4v) is 5.62. The van der Waals surface area contributed by atoms with Crippen LogP contribution in [0.4, 0.5) is 11.4 Å². The van der Waals surface area contributed by atoms with Gasteiger partial charge < -0.3 is 20.1 Å². The number of anilines is 2. The molecule has 0 fully saturated rings. The molecule has 2 amide bonds. The fourth-order valence-electron chi connectivity index (χ4n) is 5.62. The molecule has 8 heteroatoms. The minimum atomic E-state index is -0.275. The molecule has 0 atom stereocenters. The van der Waals surface area contributed by atoms with Crippen molar-refractivity contribution in [1.29, 1.82) is 0 Å². The molecule has 0 saturated heterocycles. The van der Waals surface area contributed by atoms with Crippen molar-refractivity contribution < 1.29 is 19.1 Å². The zero-order valence-corrected chi connectivity index (χ0v) is 26.2. The summed E-state index contributed by atoms with van der Waals surface area (Å²) >= 11 is 0. The highest BCUT2D eigenvalue weighted by molar-refractivity contribution is 6.14. The second-order valence-electron chi connectivity index (χ2n) is 11.1. The number of para-hydroxylation sites is 2. The van der Waals surface area contributed by atoms with Gasteiger partial charge >= 0.3 is 0 Å². The third-order valence-corrected chi connectivity index (χ3v) is 8.05. The van der Waals surface area contributed by atoms with Crippen molar-refractivity contribution in [2.24, 2.45) is 0 Å². The van der Waals surface area contributed by atoms with E-state index in [9.17, 15) is 9.59 Å². The molecule has 0 aliphatic carbocycles. The summed E-state index contributed by atoms with van der Waals surface area (Å²) in [6.45, 7) is 0. The van der Waals surface area contributed by atoms with Crippen LogP contribution in [0, 0.1) is 0 Å². The highest BCUT2D eigenvalue weighted by Crippen LogP contribution is 2.30. The van der Waals surface area contributed by atoms with Gasteiger partial charge in [-0.1, -0.05) is 60.7 Å². The first-order valence-corrected chi connectivity index (χ1v) is 15.3. The lowest BCUT2D eigenvalue weighted by molar-refractivity contribution is 0.102. The summed E-state index contributed by atoms with van der Waals surface area (Å²) in [5, 5.41) is 7.48. The molecule has 0 saturated carbocycles. The number of benzene rings is 5. The summed E-state index contributed by atoms with van der Waals surface area (Å²) in [5.41, 5.74) is 6.56. The molecule has 2 N–H and O–H groups in total. The first-order chi connectivity index (χ1) is 23.5. The Kier molecular flexibility index (Phi) is 8.20. The molecule has 7 rings (SSSR count). The van der Waals surface area contributed by atoms with Gasteiger partial charge in [-0.2, -0.15) is 0 Å². The van der Waals surface area contributed by atoms with Gasteiger partial charge in [0.05, 0.1) is 47.8 Å². The number of carbonyl (C=O) groups excluding carboxylic acids is 2. The molecular weight excluding hydrogens is 600 g/mol. The minimum absolute atomic E-state index is 0.275. The van der Waals surface area contributed by atoms with Crippen molar-refractivity contribution in [3.05, 3.63) is 145 Å². The molecule has 5 aromatic carbocycles. The second kappa shape index (κ2) is 13.1. The number of hydrogen-bond acceptors (Lipinski definition) is 6. The molecule has 0 spiro atoms. The van der Waals surface area contributed by atoms with Crippen molar-refractivity contribution >= 4 is 45.0 Å². The van der Waals surface area contributed by atoms with E-state index in [4.69, 9.17) is 19.4 Å². The fraction of sp³-hybridized carbons (Fsp3) is 0.0500. The van der Waals surface area contributed by atoms with Crippen LogP contribution in [0.3, 0.4) is 0 Å². The Balaban J connectivity index is 1.13. The normalized spacial score (nSPS) is 10.9. The predicted octanol–water partition coefficient (Wildman–Crippen LogP) is 8.64. The van der Waals surface area contributed by atoms with E-state index in [-0.39, 0.29) is 11.8 Å². The number of hydrogen-bond donors (Lipinski definition) is 2. The molecule has 2 aromatic heterocycles. The quantitative estimate of drug-likeness (QED) is 0.174. The van der Waals surface area contributed by atoms with E-state index < -0.39 is 0 Å². The number of nitrogens with zero attached hydrogens (tertiary/aromatic N) is 2. The van der Waals surface area contributed by atoms with E-state index in [1.165, 1.54) is 0 Å². The predicted molar refractivity (Wildman–Crippen MR) is 190 cm³/mol. The number of pyridine rings is 2. The van der Waals surface area contributed by atoms with E-state index in [0.29, 0.717) is 56.4 Å². The van der Waals surface area contributed by atoms with Crippen molar-refractivity contribution in [3.63, 3.8) is 0 Å². The van der Waals surface area contributed by atoms with Crippen LogP contribution < -0.4 is 20.1 Å². The number of methoxy groups -OCH3 is 2. The van der Waals surface area contributed by atoms with E-state index in [1.54, 1.807) is 50.6 Å². The van der Waals surface area contributed by atoms with Gasteiger partial charge in [0.1, 0.15) is 11.5 Å². The Morgan fingerprint density at radius 3 is 1.33 bits per heavy atom. The van der Waals surface area contributed by atoms with Gasteiger partial charge in [0.2, 0.25) is 0 Å². The molecule has 2 heterocycles. The van der Waals surface area contributed by atoms with Crippen LogP contribution in [-0.2, 0) is 0 Å². The minimum Gasteiger partial charge on any atom is -0.497 e. The largest absolute Gasteiger partial charge is 0.497 e. The third kappa shape index (κ3) is 6.15. The Hall–Kier alpha value is -6.54. The topological polar surface area (TPSA) is 102 Å². The molecule has 0 unspecified atom stereocenters. The van der Waals surface area contributed by atoms with Crippen LogP contribution in [0.1, 0.15) is 20.7 Å². The number of amides is 2. The molecule has 8 nitrogen and oxygen atoms in total. The van der Waals surface area contributed by atoms with Crippen molar-refractivity contribution in [2.75, 3.05) is 24.9 Å². The van der Waals surface area contributed by atoms with Gasteiger partial charge in [0.15, 0.2) is 0 Å². The number of nitrogens with one attached hydrogen (secondary N) is 2. The summed E-state index contributed by atoms with van der Waals surface area (Å²) in [5.74, 6) is 0.857. The van der Waals surface area contributed by atoms with Gasteiger partial charge in [0.25, 0.3) is 11.8 Å². The molecule has 0 bridgehead atoms. The van der Waals surface area contributed by atoms with Crippen LogP contribution in [-0.4, -0.2) is 36.0 Å². The standard InChI is InChI=1S/C40H30N4O4/c1-47-29-11-7-9-25(21-29)37-23-33(31-13-3-5-15-35(31)43-37)39(45)41-27-17-19-28(20-18-27)42-40(46)34-24-38(26-10-8-12-30(22-26)48-2)44-36-16-6-4-14-32(34)36/h3-24H,1-2H3,(H,41,45)(H,42,46). The lowest BCUT2D eigenvalue weighted by atomic mass is 10.0. The van der Waals surface area contributed by atoms with Gasteiger partial charge in [-0.05, 0) is 72.8 Å². The lowest BCUT2D eigenvalue weighted by Crippen LogP contribution is -2.14. The molecular formula is C40H30N4O4. The van der Waals surface area contributed by atoms with Crippen LogP contribution in [0.2, 0.25) is 0 Å². The summed E-state index contributed by atoms with van der Waals surface area (Å²) in [6, 6.07) is 40.9. The number of rotatable bonds is 8. The van der Waals surface area contributed by atoms with Gasteiger partial charge in [-0.3, -0.25) is 9.59 Å². The molecule has 0 aliphatic rings. The second-order valence-corrected chi connectivity index (χ2v) is 11.1. The monoisotopic (exact) mass is 630 g/mol. The molecule has 0 radical (unpaired) electrons. The van der Waals surface area contributed by atoms with E-state index >= 15 is 0 Å². The van der Waals surface area contributed by atoms with E-state index in [1.807, 2.05) is 97.1 Å². The smallest absolute Gasteiger partial charge is 0.256 e. The maximum atomic E-state index is 13.6. The Bertz CT molecular complexity index is 2150. The van der Waals surface area contributed by atoms with Crippen molar-refractivity contribution in [3.8, 4) is 34.0 Å². The maximum Gasteiger partial charge on any atom is 0.256 e. The average molecular weight is 631 g/mol. The van der Waals surface area contributed by atoms with Gasteiger partial charge in [-0.25, -0.2) is 9.97 Å². The highest BCUT2D eigenvalue weighted by atomic mass is 16.5. The molecule has 7 aromatic rings. The zero-order chi connectivity index (χ0) is 33.0. The van der Waals surface area contributed by atoms with Gasteiger partial charge in [-0.15, -0.1) is 0 Å². The third-order valence-electron chi connectivity index (χ3n) is 8.05. The lowest BCUT2D eigenvalue weighted by Gasteiger charge is -2.13. The molecule has 234 valence electrons. The first-order valence-electron chi connectivity index (χ1n) is 15.3. The van der Waals surface area contributed by atoms with Crippen LogP contribution >= 0.6 is 0 Å². The number of carbonyl (C=O) groups is 2. The Morgan fingerprint density at radius 2 is 0.917 bits per heavy atom. The van der Waals surface area contributed by atoms with Crippen LogP contribution in [0.5, 0.6) is 11.5 Å². The van der Waals surface area contributed by atoms with E-state index in [0.717, 1.165) is 21.9 Å². The summed E-state index contributed by atoms with van der Waals surface area (Å²) in [7, 11) is 3.23. The Labute approximate surface area is 277 Å². The first kappa shape index (κ1) is 30.1. The van der Waals surface area contributed by atoms with E-state index in [2.05, 4.69) is 10.6 Å². The summed E-state index contributed by atoms with van der Waals surface area (Å²) in [4.78, 5) is 36.9. The number of fused-ring (bicyclic) bond motifs is 2. The van der Waals surface area contributed by atoms with Crippen LogP contribution in [0.15, 0.2) is 133 Å². The van der Waals surface area contributed by atoms with Crippen molar-refractivity contribution in [1.82, 2.24) is 9.97 Å². The number of aromatic nitrogens is 2.